The zero-order chi connectivity index (χ0) is 12.6. The fourth-order valence-corrected chi connectivity index (χ4v) is 2.45. The normalized spacial score (nSPS) is 13.5. The minimum Gasteiger partial charge on any atom is -0.387 e. The molecule has 0 radical (unpaired) electrons. The lowest BCUT2D eigenvalue weighted by Crippen LogP contribution is -2.05. The zero-order valence-corrected chi connectivity index (χ0v) is 11.9. The first kappa shape index (κ1) is 12.6. The molecule has 1 N–H and O–H groups in total. The van der Waals surface area contributed by atoms with Gasteiger partial charge >= 0.3 is 0 Å². The van der Waals surface area contributed by atoms with Crippen LogP contribution in [0.1, 0.15) is 50.6 Å². The third-order valence-corrected chi connectivity index (χ3v) is 3.54. The van der Waals surface area contributed by atoms with Crippen molar-refractivity contribution in [3.05, 3.63) is 34.2 Å². The standard InChI is InChI=1S/C13H17BrN2O/c1-4-10(17)12-11(8(2)3)15-13-9(14)6-5-7-16(12)13/h5-8,10,17H,4H2,1-3H3. The van der Waals surface area contributed by atoms with Gasteiger partial charge in [-0.2, -0.15) is 0 Å². The highest BCUT2D eigenvalue weighted by molar-refractivity contribution is 9.10. The lowest BCUT2D eigenvalue weighted by molar-refractivity contribution is 0.166. The number of nitrogens with zero attached hydrogens (tertiary/aromatic N) is 2. The van der Waals surface area contributed by atoms with E-state index in [-0.39, 0.29) is 0 Å². The number of imidazole rings is 1. The van der Waals surface area contributed by atoms with Gasteiger partial charge in [0.15, 0.2) is 5.65 Å². The third kappa shape index (κ3) is 2.11. The Morgan fingerprint density at radius 2 is 2.18 bits per heavy atom. The van der Waals surface area contributed by atoms with E-state index in [0.29, 0.717) is 12.3 Å². The lowest BCUT2D eigenvalue weighted by atomic mass is 10.0. The molecule has 0 amide bonds. The van der Waals surface area contributed by atoms with Gasteiger partial charge in [0, 0.05) is 6.20 Å². The number of halogens is 1. The molecular weight excluding hydrogens is 280 g/mol. The number of pyridine rings is 1. The number of aliphatic hydroxyl groups excluding tert-OH is 1. The van der Waals surface area contributed by atoms with Crippen molar-refractivity contribution in [3.63, 3.8) is 0 Å². The van der Waals surface area contributed by atoms with E-state index in [2.05, 4.69) is 34.8 Å². The first-order chi connectivity index (χ1) is 8.06. The predicted octanol–water partition coefficient (Wildman–Crippen LogP) is 3.66. The summed E-state index contributed by atoms with van der Waals surface area (Å²) in [6, 6.07) is 3.92. The quantitative estimate of drug-likeness (QED) is 0.938. The molecule has 3 nitrogen and oxygen atoms in total. The Hall–Kier alpha value is -0.870. The maximum atomic E-state index is 10.2. The molecule has 2 aromatic heterocycles. The van der Waals surface area contributed by atoms with Crippen LogP contribution in [0.15, 0.2) is 22.8 Å². The van der Waals surface area contributed by atoms with Gasteiger partial charge in [-0.3, -0.25) is 0 Å². The first-order valence-electron chi connectivity index (χ1n) is 5.90. The van der Waals surface area contributed by atoms with Crippen molar-refractivity contribution < 1.29 is 5.11 Å². The van der Waals surface area contributed by atoms with Crippen LogP contribution in [0.4, 0.5) is 0 Å². The number of rotatable bonds is 3. The summed E-state index contributed by atoms with van der Waals surface area (Å²) >= 11 is 3.50. The van der Waals surface area contributed by atoms with E-state index in [1.165, 1.54) is 0 Å². The van der Waals surface area contributed by atoms with Gasteiger partial charge in [0.05, 0.1) is 22.0 Å². The highest BCUT2D eigenvalue weighted by atomic mass is 79.9. The van der Waals surface area contributed by atoms with Crippen LogP contribution in [0.5, 0.6) is 0 Å². The van der Waals surface area contributed by atoms with Crippen molar-refractivity contribution in [2.75, 3.05) is 0 Å². The lowest BCUT2D eigenvalue weighted by Gasteiger charge is -2.12. The highest BCUT2D eigenvalue weighted by Crippen LogP contribution is 2.30. The van der Waals surface area contributed by atoms with E-state index in [1.807, 2.05) is 29.7 Å². The van der Waals surface area contributed by atoms with Crippen molar-refractivity contribution in [3.8, 4) is 0 Å². The Balaban J connectivity index is 2.76. The summed E-state index contributed by atoms with van der Waals surface area (Å²) < 4.78 is 2.93. The molecular formula is C13H17BrN2O. The number of aliphatic hydroxyl groups is 1. The molecule has 92 valence electrons. The van der Waals surface area contributed by atoms with Crippen molar-refractivity contribution in [2.45, 2.75) is 39.2 Å². The second-order valence-electron chi connectivity index (χ2n) is 4.51. The summed E-state index contributed by atoms with van der Waals surface area (Å²) in [4.78, 5) is 4.64. The van der Waals surface area contributed by atoms with E-state index in [0.717, 1.165) is 21.5 Å². The first-order valence-corrected chi connectivity index (χ1v) is 6.70. The van der Waals surface area contributed by atoms with Gasteiger partial charge in [0.1, 0.15) is 0 Å². The molecule has 0 saturated carbocycles. The van der Waals surface area contributed by atoms with Crippen LogP contribution in [0.3, 0.4) is 0 Å². The fourth-order valence-electron chi connectivity index (χ4n) is 2.02. The maximum absolute atomic E-state index is 10.2. The molecule has 0 spiro atoms. The summed E-state index contributed by atoms with van der Waals surface area (Å²) in [5, 5.41) is 10.2. The largest absolute Gasteiger partial charge is 0.387 e. The third-order valence-electron chi connectivity index (χ3n) is 2.92. The summed E-state index contributed by atoms with van der Waals surface area (Å²) in [6.45, 7) is 6.18. The van der Waals surface area contributed by atoms with Crippen molar-refractivity contribution in [1.82, 2.24) is 9.38 Å². The van der Waals surface area contributed by atoms with Gasteiger partial charge < -0.3 is 9.51 Å². The van der Waals surface area contributed by atoms with Crippen LogP contribution in [0.2, 0.25) is 0 Å². The summed E-state index contributed by atoms with van der Waals surface area (Å²) in [5.41, 5.74) is 2.77. The van der Waals surface area contributed by atoms with Crippen molar-refractivity contribution in [2.24, 2.45) is 0 Å². The molecule has 0 aliphatic carbocycles. The summed E-state index contributed by atoms with van der Waals surface area (Å²) in [6.07, 6.45) is 2.18. The molecule has 1 atom stereocenters. The van der Waals surface area contributed by atoms with E-state index in [1.54, 1.807) is 0 Å². The Bertz CT molecular complexity index is 533. The van der Waals surface area contributed by atoms with Gasteiger partial charge in [-0.15, -0.1) is 0 Å². The Morgan fingerprint density at radius 3 is 2.76 bits per heavy atom. The molecule has 1 unspecified atom stereocenters. The van der Waals surface area contributed by atoms with E-state index >= 15 is 0 Å². The molecule has 0 saturated heterocycles. The van der Waals surface area contributed by atoms with Gasteiger partial charge in [-0.1, -0.05) is 20.8 Å². The summed E-state index contributed by atoms with van der Waals surface area (Å²) in [5.74, 6) is 0.304. The molecule has 0 aliphatic heterocycles. The predicted molar refractivity (Wildman–Crippen MR) is 72.2 cm³/mol. The maximum Gasteiger partial charge on any atom is 0.151 e. The average molecular weight is 297 g/mol. The molecule has 0 fully saturated rings. The minimum absolute atomic E-state index is 0.304. The second kappa shape index (κ2) is 4.78. The van der Waals surface area contributed by atoms with Crippen molar-refractivity contribution in [1.29, 1.82) is 0 Å². The monoisotopic (exact) mass is 296 g/mol. The number of fused-ring (bicyclic) bond motifs is 1. The van der Waals surface area contributed by atoms with Crippen molar-refractivity contribution >= 4 is 21.6 Å². The van der Waals surface area contributed by atoms with Crippen LogP contribution < -0.4 is 0 Å². The number of aromatic nitrogens is 2. The minimum atomic E-state index is -0.461. The second-order valence-corrected chi connectivity index (χ2v) is 5.37. The molecule has 0 bridgehead atoms. The number of hydrogen-bond acceptors (Lipinski definition) is 2. The molecule has 2 rings (SSSR count). The topological polar surface area (TPSA) is 37.5 Å². The van der Waals surface area contributed by atoms with Crippen LogP contribution in [0.25, 0.3) is 5.65 Å². The Labute approximate surface area is 110 Å². The fraction of sp³-hybridized carbons (Fsp3) is 0.462. The van der Waals surface area contributed by atoms with Crippen LogP contribution in [-0.2, 0) is 0 Å². The number of hydrogen-bond donors (Lipinski definition) is 1. The molecule has 2 aromatic rings. The molecule has 0 aromatic carbocycles. The SMILES string of the molecule is CCC(O)c1c(C(C)C)nc2c(Br)cccn12. The Kier molecular flexibility index (Phi) is 3.54. The van der Waals surface area contributed by atoms with Gasteiger partial charge in [-0.05, 0) is 40.4 Å². The summed E-state index contributed by atoms with van der Waals surface area (Å²) in [7, 11) is 0. The van der Waals surface area contributed by atoms with Gasteiger partial charge in [0.2, 0.25) is 0 Å². The van der Waals surface area contributed by atoms with E-state index in [9.17, 15) is 5.11 Å². The van der Waals surface area contributed by atoms with Gasteiger partial charge in [-0.25, -0.2) is 4.98 Å². The average Bonchev–Trinajstić information content (AvgIpc) is 2.69. The Morgan fingerprint density at radius 1 is 1.47 bits per heavy atom. The van der Waals surface area contributed by atoms with E-state index in [4.69, 9.17) is 0 Å². The molecule has 0 aliphatic rings. The zero-order valence-electron chi connectivity index (χ0n) is 10.3. The highest BCUT2D eigenvalue weighted by Gasteiger charge is 2.21. The molecule has 17 heavy (non-hydrogen) atoms. The molecule has 2 heterocycles. The van der Waals surface area contributed by atoms with Crippen LogP contribution >= 0.6 is 15.9 Å². The van der Waals surface area contributed by atoms with Gasteiger partial charge in [0.25, 0.3) is 0 Å². The van der Waals surface area contributed by atoms with Crippen LogP contribution in [-0.4, -0.2) is 14.5 Å². The van der Waals surface area contributed by atoms with E-state index < -0.39 is 6.10 Å². The van der Waals surface area contributed by atoms with Crippen LogP contribution in [0, 0.1) is 0 Å². The molecule has 4 heteroatoms. The smallest absolute Gasteiger partial charge is 0.151 e.